The molecule has 2 fully saturated rings. The summed E-state index contributed by atoms with van der Waals surface area (Å²) in [5, 5.41) is 9.24. The van der Waals surface area contributed by atoms with E-state index in [1.54, 1.807) is 16.0 Å². The monoisotopic (exact) mass is 376 g/mol. The van der Waals surface area contributed by atoms with E-state index in [0.717, 1.165) is 5.69 Å². The molecule has 2 saturated heterocycles. The highest BCUT2D eigenvalue weighted by Crippen LogP contribution is 2.25. The zero-order valence-corrected chi connectivity index (χ0v) is 16.2. The fourth-order valence-corrected chi connectivity index (χ4v) is 3.32. The summed E-state index contributed by atoms with van der Waals surface area (Å²) in [5.74, 6) is 0.604. The Balaban J connectivity index is 1.56. The number of hydrogen-bond donors (Lipinski definition) is 1. The van der Waals surface area contributed by atoms with E-state index in [1.165, 1.54) is 0 Å². The number of piperazine rings is 1. The van der Waals surface area contributed by atoms with E-state index in [4.69, 9.17) is 4.74 Å². The first kappa shape index (κ1) is 19.4. The second kappa shape index (κ2) is 7.72. The Labute approximate surface area is 159 Å². The molecule has 3 heterocycles. The number of ether oxygens (including phenoxy) is 1. The average Bonchev–Trinajstić information content (AvgIpc) is 3.01. The molecule has 8 heteroatoms. The van der Waals surface area contributed by atoms with Crippen molar-refractivity contribution in [3.05, 3.63) is 18.3 Å². The van der Waals surface area contributed by atoms with E-state index in [2.05, 4.69) is 9.88 Å². The van der Waals surface area contributed by atoms with Crippen molar-refractivity contribution in [2.75, 3.05) is 49.1 Å². The molecule has 8 nitrogen and oxygen atoms in total. The van der Waals surface area contributed by atoms with Crippen molar-refractivity contribution in [3.63, 3.8) is 0 Å². The molecule has 2 amide bonds. The van der Waals surface area contributed by atoms with Crippen LogP contribution in [0.15, 0.2) is 18.3 Å². The maximum atomic E-state index is 12.1. The summed E-state index contributed by atoms with van der Waals surface area (Å²) in [6.07, 6.45) is 1.85. The number of pyridine rings is 1. The van der Waals surface area contributed by atoms with Crippen LogP contribution in [0, 0.1) is 5.92 Å². The molecule has 1 aromatic heterocycles. The SMILES string of the molecule is CC(C)(C)OC(=O)N1CCN(c2ccc(N3CC(CO)CC3=O)nc2)CC1. The van der Waals surface area contributed by atoms with Crippen molar-refractivity contribution in [2.24, 2.45) is 5.92 Å². The minimum atomic E-state index is -0.490. The van der Waals surface area contributed by atoms with E-state index in [0.29, 0.717) is 45.0 Å². The maximum absolute atomic E-state index is 12.1. The number of nitrogens with zero attached hydrogens (tertiary/aromatic N) is 4. The third-order valence-corrected chi connectivity index (χ3v) is 4.77. The van der Waals surface area contributed by atoms with Gasteiger partial charge in [-0.15, -0.1) is 0 Å². The van der Waals surface area contributed by atoms with Gasteiger partial charge in [0.25, 0.3) is 0 Å². The third-order valence-electron chi connectivity index (χ3n) is 4.77. The Hall–Kier alpha value is -2.35. The molecule has 27 heavy (non-hydrogen) atoms. The van der Waals surface area contributed by atoms with Crippen molar-refractivity contribution in [2.45, 2.75) is 32.8 Å². The number of hydrogen-bond acceptors (Lipinski definition) is 6. The van der Waals surface area contributed by atoms with Crippen LogP contribution in [-0.4, -0.2) is 71.9 Å². The lowest BCUT2D eigenvalue weighted by atomic mass is 10.1. The van der Waals surface area contributed by atoms with Gasteiger partial charge in [0.15, 0.2) is 0 Å². The van der Waals surface area contributed by atoms with Crippen molar-refractivity contribution in [1.82, 2.24) is 9.88 Å². The van der Waals surface area contributed by atoms with Gasteiger partial charge in [-0.2, -0.15) is 0 Å². The highest BCUT2D eigenvalue weighted by Gasteiger charge is 2.31. The van der Waals surface area contributed by atoms with E-state index in [-0.39, 0.29) is 24.5 Å². The van der Waals surface area contributed by atoms with Gasteiger partial charge in [0.1, 0.15) is 11.4 Å². The number of anilines is 2. The van der Waals surface area contributed by atoms with Crippen LogP contribution in [0.5, 0.6) is 0 Å². The zero-order chi connectivity index (χ0) is 19.6. The van der Waals surface area contributed by atoms with Crippen LogP contribution in [-0.2, 0) is 9.53 Å². The molecule has 0 radical (unpaired) electrons. The molecule has 0 aromatic carbocycles. The van der Waals surface area contributed by atoms with E-state index in [9.17, 15) is 14.7 Å². The lowest BCUT2D eigenvalue weighted by molar-refractivity contribution is -0.117. The fraction of sp³-hybridized carbons (Fsp3) is 0.632. The number of aliphatic hydroxyl groups excluding tert-OH is 1. The zero-order valence-electron chi connectivity index (χ0n) is 16.2. The molecule has 0 saturated carbocycles. The quantitative estimate of drug-likeness (QED) is 0.860. The Morgan fingerprint density at radius 3 is 2.48 bits per heavy atom. The van der Waals surface area contributed by atoms with Crippen molar-refractivity contribution >= 4 is 23.5 Å². The Morgan fingerprint density at radius 2 is 1.96 bits per heavy atom. The fourth-order valence-electron chi connectivity index (χ4n) is 3.32. The summed E-state index contributed by atoms with van der Waals surface area (Å²) in [7, 11) is 0. The molecule has 0 aliphatic carbocycles. The summed E-state index contributed by atoms with van der Waals surface area (Å²) in [6, 6.07) is 3.79. The van der Waals surface area contributed by atoms with Gasteiger partial charge in [0.05, 0.1) is 11.9 Å². The second-order valence-electron chi connectivity index (χ2n) is 8.09. The topological polar surface area (TPSA) is 86.2 Å². The number of carbonyl (C=O) groups excluding carboxylic acids is 2. The van der Waals surface area contributed by atoms with Gasteiger partial charge >= 0.3 is 6.09 Å². The molecule has 1 N–H and O–H groups in total. The standard InChI is InChI=1S/C19H28N4O4/c1-19(2,3)27-18(26)22-8-6-21(7-9-22)15-4-5-16(20-11-15)23-12-14(13-24)10-17(23)25/h4-5,11,14,24H,6-10,12-13H2,1-3H3. The van der Waals surface area contributed by atoms with Gasteiger partial charge in [-0.1, -0.05) is 0 Å². The molecule has 2 aliphatic rings. The first-order valence-electron chi connectivity index (χ1n) is 9.37. The minimum absolute atomic E-state index is 0.000255. The Morgan fingerprint density at radius 1 is 1.26 bits per heavy atom. The van der Waals surface area contributed by atoms with Crippen molar-refractivity contribution in [1.29, 1.82) is 0 Å². The molecular formula is C19H28N4O4. The van der Waals surface area contributed by atoms with Crippen LogP contribution in [0.2, 0.25) is 0 Å². The normalized spacial score (nSPS) is 21.0. The third kappa shape index (κ3) is 4.68. The summed E-state index contributed by atoms with van der Waals surface area (Å²) in [4.78, 5) is 34.1. The molecular weight excluding hydrogens is 348 g/mol. The van der Waals surface area contributed by atoms with E-state index in [1.807, 2.05) is 32.9 Å². The Kier molecular flexibility index (Phi) is 5.55. The smallest absolute Gasteiger partial charge is 0.410 e. The van der Waals surface area contributed by atoms with E-state index >= 15 is 0 Å². The second-order valence-corrected chi connectivity index (χ2v) is 8.09. The molecule has 0 spiro atoms. The highest BCUT2D eigenvalue weighted by molar-refractivity contribution is 5.94. The number of aliphatic hydroxyl groups is 1. The van der Waals surface area contributed by atoms with Crippen LogP contribution in [0.25, 0.3) is 0 Å². The number of aromatic nitrogens is 1. The number of carbonyl (C=O) groups is 2. The van der Waals surface area contributed by atoms with Gasteiger partial charge in [-0.05, 0) is 32.9 Å². The molecule has 2 aliphatic heterocycles. The lowest BCUT2D eigenvalue weighted by Crippen LogP contribution is -2.50. The van der Waals surface area contributed by atoms with Crippen molar-refractivity contribution < 1.29 is 19.4 Å². The largest absolute Gasteiger partial charge is 0.444 e. The molecule has 1 unspecified atom stereocenters. The molecule has 1 atom stereocenters. The predicted molar refractivity (Wildman–Crippen MR) is 102 cm³/mol. The van der Waals surface area contributed by atoms with Gasteiger partial charge in [0, 0.05) is 51.7 Å². The molecule has 148 valence electrons. The molecule has 1 aromatic rings. The predicted octanol–water partition coefficient (Wildman–Crippen LogP) is 1.48. The van der Waals surface area contributed by atoms with Crippen LogP contribution in [0.1, 0.15) is 27.2 Å². The summed E-state index contributed by atoms with van der Waals surface area (Å²) in [5.41, 5.74) is 0.476. The first-order chi connectivity index (χ1) is 12.8. The van der Waals surface area contributed by atoms with Gasteiger partial charge in [0.2, 0.25) is 5.91 Å². The van der Waals surface area contributed by atoms with Crippen LogP contribution in [0.4, 0.5) is 16.3 Å². The van der Waals surface area contributed by atoms with Crippen LogP contribution in [0.3, 0.4) is 0 Å². The number of rotatable bonds is 3. The van der Waals surface area contributed by atoms with Gasteiger partial charge < -0.3 is 19.6 Å². The molecule has 0 bridgehead atoms. The van der Waals surface area contributed by atoms with Crippen LogP contribution < -0.4 is 9.80 Å². The minimum Gasteiger partial charge on any atom is -0.444 e. The first-order valence-corrected chi connectivity index (χ1v) is 9.37. The summed E-state index contributed by atoms with van der Waals surface area (Å²) in [6.45, 7) is 8.72. The lowest BCUT2D eigenvalue weighted by Gasteiger charge is -2.36. The summed E-state index contributed by atoms with van der Waals surface area (Å²) < 4.78 is 5.42. The highest BCUT2D eigenvalue weighted by atomic mass is 16.6. The van der Waals surface area contributed by atoms with Gasteiger partial charge in [-0.25, -0.2) is 9.78 Å². The average molecular weight is 376 g/mol. The number of amides is 2. The summed E-state index contributed by atoms with van der Waals surface area (Å²) >= 11 is 0. The molecule has 3 rings (SSSR count). The Bertz CT molecular complexity index is 678. The van der Waals surface area contributed by atoms with Crippen LogP contribution >= 0.6 is 0 Å². The van der Waals surface area contributed by atoms with E-state index < -0.39 is 5.60 Å². The van der Waals surface area contributed by atoms with Gasteiger partial charge in [-0.3, -0.25) is 9.69 Å². The van der Waals surface area contributed by atoms with Crippen molar-refractivity contribution in [3.8, 4) is 0 Å². The maximum Gasteiger partial charge on any atom is 0.410 e.